The summed E-state index contributed by atoms with van der Waals surface area (Å²) in [7, 11) is 1.83. The third kappa shape index (κ3) is 3.93. The maximum Gasteiger partial charge on any atom is 0.166 e. The molecule has 2 aromatic carbocycles. The van der Waals surface area contributed by atoms with Gasteiger partial charge in [0.05, 0.1) is 16.6 Å². The molecule has 29 heavy (non-hydrogen) atoms. The fourth-order valence-corrected chi connectivity index (χ4v) is 5.04. The van der Waals surface area contributed by atoms with E-state index in [1.807, 2.05) is 11.6 Å². The summed E-state index contributed by atoms with van der Waals surface area (Å²) in [6, 6.07) is 8.33. The minimum absolute atomic E-state index is 0.127. The van der Waals surface area contributed by atoms with Crippen molar-refractivity contribution in [2.45, 2.75) is 39.5 Å². The van der Waals surface area contributed by atoms with Crippen molar-refractivity contribution in [2.75, 3.05) is 0 Å². The number of nitrogens with zero attached hydrogens (tertiary/aromatic N) is 2. The van der Waals surface area contributed by atoms with Gasteiger partial charge in [-0.05, 0) is 47.9 Å². The van der Waals surface area contributed by atoms with Gasteiger partial charge in [-0.25, -0.2) is 9.37 Å². The zero-order valence-corrected chi connectivity index (χ0v) is 18.2. The quantitative estimate of drug-likeness (QED) is 0.424. The summed E-state index contributed by atoms with van der Waals surface area (Å²) in [6.45, 7) is 4.39. The average Bonchev–Trinajstić information content (AvgIpc) is 2.91. The Labute approximate surface area is 179 Å². The Morgan fingerprint density at radius 2 is 1.90 bits per heavy atom. The van der Waals surface area contributed by atoms with Crippen molar-refractivity contribution in [1.82, 2.24) is 9.55 Å². The van der Waals surface area contributed by atoms with Crippen molar-refractivity contribution in [3.05, 3.63) is 63.1 Å². The highest BCUT2D eigenvalue weighted by Gasteiger charge is 2.37. The molecular weight excluding hydrogens is 410 g/mol. The molecule has 0 saturated heterocycles. The number of Topliss-reactive ketones (excluding diaryl/α,β-unsaturated/α-hetero) is 1. The second-order valence-corrected chi connectivity index (χ2v) is 9.66. The highest BCUT2D eigenvalue weighted by atomic mass is 35.5. The molecule has 0 radical (unpaired) electrons. The van der Waals surface area contributed by atoms with Gasteiger partial charge in [0.1, 0.15) is 11.6 Å². The van der Waals surface area contributed by atoms with E-state index in [1.165, 1.54) is 6.07 Å². The van der Waals surface area contributed by atoms with Crippen molar-refractivity contribution >= 4 is 40.0 Å². The van der Waals surface area contributed by atoms with E-state index in [1.54, 1.807) is 24.3 Å². The summed E-state index contributed by atoms with van der Waals surface area (Å²) in [6.07, 6.45) is 2.83. The second-order valence-electron chi connectivity index (χ2n) is 8.85. The van der Waals surface area contributed by atoms with Crippen LogP contribution in [0.3, 0.4) is 0 Å². The molecule has 1 aliphatic rings. The Balaban J connectivity index is 1.63. The summed E-state index contributed by atoms with van der Waals surface area (Å²) in [4.78, 5) is 17.3. The summed E-state index contributed by atoms with van der Waals surface area (Å²) < 4.78 is 16.6. The van der Waals surface area contributed by atoms with E-state index < -0.39 is 5.82 Å². The molecule has 0 amide bonds. The first-order valence-electron chi connectivity index (χ1n) is 9.75. The Bertz CT molecular complexity index is 1090. The number of ketones is 1. The van der Waals surface area contributed by atoms with Crippen LogP contribution in [0.2, 0.25) is 10.0 Å². The van der Waals surface area contributed by atoms with Crippen molar-refractivity contribution in [2.24, 2.45) is 18.4 Å². The lowest BCUT2D eigenvalue weighted by atomic mass is 9.63. The number of hydrogen-bond acceptors (Lipinski definition) is 2. The van der Waals surface area contributed by atoms with Gasteiger partial charge >= 0.3 is 0 Å². The molecule has 1 fully saturated rings. The van der Waals surface area contributed by atoms with Gasteiger partial charge in [-0.2, -0.15) is 0 Å². The largest absolute Gasteiger partial charge is 0.331 e. The Morgan fingerprint density at radius 3 is 2.52 bits per heavy atom. The number of halogens is 3. The fraction of sp³-hybridized carbons (Fsp3) is 0.391. The zero-order valence-electron chi connectivity index (χ0n) is 16.7. The van der Waals surface area contributed by atoms with Gasteiger partial charge in [0, 0.05) is 36.0 Å². The smallest absolute Gasteiger partial charge is 0.166 e. The topological polar surface area (TPSA) is 34.9 Å². The van der Waals surface area contributed by atoms with Crippen LogP contribution in [0, 0.1) is 17.2 Å². The lowest BCUT2D eigenvalue weighted by Gasteiger charge is -2.42. The molecule has 0 unspecified atom stereocenters. The molecule has 3 nitrogen and oxygen atoms in total. The van der Waals surface area contributed by atoms with Crippen LogP contribution in [0.15, 0.2) is 30.3 Å². The Kier molecular flexibility index (Phi) is 5.20. The average molecular weight is 433 g/mol. The van der Waals surface area contributed by atoms with Crippen LogP contribution in [0.25, 0.3) is 11.0 Å². The van der Waals surface area contributed by atoms with Gasteiger partial charge in [0.25, 0.3) is 0 Å². The van der Waals surface area contributed by atoms with Crippen molar-refractivity contribution in [3.8, 4) is 0 Å². The van der Waals surface area contributed by atoms with Crippen molar-refractivity contribution in [1.29, 1.82) is 0 Å². The molecule has 152 valence electrons. The van der Waals surface area contributed by atoms with Crippen LogP contribution >= 0.6 is 23.2 Å². The predicted molar refractivity (Wildman–Crippen MR) is 115 cm³/mol. The Morgan fingerprint density at radius 1 is 1.24 bits per heavy atom. The van der Waals surface area contributed by atoms with Crippen molar-refractivity contribution < 1.29 is 9.18 Å². The van der Waals surface area contributed by atoms with Gasteiger partial charge in [-0.15, -0.1) is 0 Å². The van der Waals surface area contributed by atoms with E-state index in [0.29, 0.717) is 51.1 Å². The highest BCUT2D eigenvalue weighted by molar-refractivity contribution is 6.36. The van der Waals surface area contributed by atoms with Crippen LogP contribution in [0.4, 0.5) is 4.39 Å². The van der Waals surface area contributed by atoms with E-state index in [4.69, 9.17) is 23.2 Å². The molecule has 6 heteroatoms. The molecule has 0 bridgehead atoms. The maximum atomic E-state index is 14.7. The first-order valence-corrected chi connectivity index (χ1v) is 10.5. The number of carbonyl (C=O) groups excluding carboxylic acids is 1. The van der Waals surface area contributed by atoms with Crippen molar-refractivity contribution in [3.63, 3.8) is 0 Å². The van der Waals surface area contributed by atoms with Gasteiger partial charge in [-0.3, -0.25) is 4.79 Å². The number of carbonyl (C=O) groups is 1. The van der Waals surface area contributed by atoms with E-state index in [0.717, 1.165) is 18.4 Å². The molecule has 0 atom stereocenters. The molecule has 1 heterocycles. The summed E-state index contributed by atoms with van der Waals surface area (Å²) in [5.74, 6) is 0.409. The van der Waals surface area contributed by atoms with E-state index in [2.05, 4.69) is 18.8 Å². The van der Waals surface area contributed by atoms with Crippen LogP contribution in [-0.4, -0.2) is 15.3 Å². The molecular formula is C23H23Cl2FN2O. The van der Waals surface area contributed by atoms with E-state index in [9.17, 15) is 9.18 Å². The number of imidazole rings is 1. The number of benzene rings is 2. The van der Waals surface area contributed by atoms with E-state index >= 15 is 0 Å². The monoisotopic (exact) mass is 432 g/mol. The number of aryl methyl sites for hydroxylation is 1. The Hall–Kier alpha value is -1.91. The highest BCUT2D eigenvalue weighted by Crippen LogP contribution is 2.46. The third-order valence-electron chi connectivity index (χ3n) is 5.92. The normalized spacial score (nSPS) is 16.2. The summed E-state index contributed by atoms with van der Waals surface area (Å²) in [5, 5.41) is 1.13. The molecule has 0 aliphatic heterocycles. The van der Waals surface area contributed by atoms with Crippen LogP contribution in [0.1, 0.15) is 54.9 Å². The van der Waals surface area contributed by atoms with Gasteiger partial charge < -0.3 is 4.57 Å². The van der Waals surface area contributed by atoms with Crippen LogP contribution < -0.4 is 0 Å². The number of fused-ring (bicyclic) bond motifs is 1. The molecule has 1 aromatic heterocycles. The van der Waals surface area contributed by atoms with E-state index in [-0.39, 0.29) is 11.3 Å². The standard InChI is InChI=1S/C23H23Cl2FN2O/c1-23(2)11-13(12-23)7-21(29)15-8-19-20(10-18(15)26)28(3)22(27-19)9-14-16(24)5-4-6-17(14)25/h4-6,8,10,13H,7,9,11-12H2,1-3H3. The molecule has 3 aromatic rings. The molecule has 1 saturated carbocycles. The first kappa shape index (κ1) is 20.4. The van der Waals surface area contributed by atoms with Crippen LogP contribution in [-0.2, 0) is 13.5 Å². The minimum Gasteiger partial charge on any atom is -0.331 e. The molecule has 1 aliphatic carbocycles. The molecule has 4 rings (SSSR count). The summed E-state index contributed by atoms with van der Waals surface area (Å²) >= 11 is 12.6. The maximum absolute atomic E-state index is 14.7. The van der Waals surface area contributed by atoms with Gasteiger partial charge in [-0.1, -0.05) is 43.1 Å². The molecule has 0 N–H and O–H groups in total. The molecule has 0 spiro atoms. The van der Waals surface area contributed by atoms with Gasteiger partial charge in [0.15, 0.2) is 5.78 Å². The second kappa shape index (κ2) is 7.41. The van der Waals surface area contributed by atoms with Gasteiger partial charge in [0.2, 0.25) is 0 Å². The van der Waals surface area contributed by atoms with Crippen LogP contribution in [0.5, 0.6) is 0 Å². The lowest BCUT2D eigenvalue weighted by molar-refractivity contribution is 0.0711. The zero-order chi connectivity index (χ0) is 20.9. The number of aromatic nitrogens is 2. The lowest BCUT2D eigenvalue weighted by Crippen LogP contribution is -2.33. The fourth-order valence-electron chi connectivity index (χ4n) is 4.51. The minimum atomic E-state index is -0.494. The number of hydrogen-bond donors (Lipinski definition) is 0. The first-order chi connectivity index (χ1) is 13.6. The third-order valence-corrected chi connectivity index (χ3v) is 6.62. The predicted octanol–water partition coefficient (Wildman–Crippen LogP) is 6.62. The SMILES string of the molecule is Cn1c(Cc2c(Cl)cccc2Cl)nc2cc(C(=O)CC3CC(C)(C)C3)c(F)cc21. The summed E-state index contributed by atoms with van der Waals surface area (Å²) in [5.41, 5.74) is 2.44. The number of rotatable bonds is 5.